The molecule has 0 spiro atoms. The lowest BCUT2D eigenvalue weighted by Crippen LogP contribution is -2.49. The minimum atomic E-state index is -1.28. The first-order chi connectivity index (χ1) is 23.5. The molecule has 49 heavy (non-hydrogen) atoms. The van der Waals surface area contributed by atoms with Crippen LogP contribution in [-0.2, 0) is 30.2 Å². The Morgan fingerprint density at radius 1 is 1.08 bits per heavy atom. The van der Waals surface area contributed by atoms with Crippen LogP contribution in [0.2, 0.25) is 5.02 Å². The van der Waals surface area contributed by atoms with Crippen molar-refractivity contribution in [1.29, 1.82) is 0 Å². The van der Waals surface area contributed by atoms with E-state index in [9.17, 15) is 24.3 Å². The van der Waals surface area contributed by atoms with Gasteiger partial charge in [-0.1, -0.05) is 35.9 Å². The first-order valence-corrected chi connectivity index (χ1v) is 17.2. The smallest absolute Gasteiger partial charge is 0.347 e. The third-order valence-corrected chi connectivity index (χ3v) is 12.1. The highest BCUT2D eigenvalue weighted by Crippen LogP contribution is 2.62. The minimum Gasteiger partial charge on any atom is -0.491 e. The number of rotatable bonds is 6. The molecule has 5 heterocycles. The zero-order chi connectivity index (χ0) is 34.5. The molecule has 14 heteroatoms. The molecule has 1 N–H and O–H groups in total. The van der Waals surface area contributed by atoms with Crippen LogP contribution in [0.1, 0.15) is 36.4 Å². The molecule has 252 valence electrons. The molecule has 3 aliphatic rings. The largest absolute Gasteiger partial charge is 0.491 e. The van der Waals surface area contributed by atoms with Crippen molar-refractivity contribution in [3.8, 4) is 16.3 Å². The number of carbonyl (C=O) groups is 2. The van der Waals surface area contributed by atoms with Crippen LogP contribution in [-0.4, -0.2) is 53.8 Å². The van der Waals surface area contributed by atoms with Gasteiger partial charge in [-0.3, -0.25) is 14.3 Å². The maximum absolute atomic E-state index is 15.0. The number of aromatic nitrogens is 5. The molecular formula is C35H33ClN6O6S. The van der Waals surface area contributed by atoms with Crippen LogP contribution >= 0.6 is 22.9 Å². The highest BCUT2D eigenvalue weighted by molar-refractivity contribution is 7.22. The minimum absolute atomic E-state index is 0.0319. The van der Waals surface area contributed by atoms with E-state index in [4.69, 9.17) is 21.4 Å². The molecule has 12 nitrogen and oxygen atoms in total. The number of hydrogen-bond donors (Lipinski definition) is 1. The van der Waals surface area contributed by atoms with E-state index in [2.05, 4.69) is 0 Å². The molecule has 0 unspecified atom stereocenters. The lowest BCUT2D eigenvalue weighted by molar-refractivity contribution is -0.129. The lowest BCUT2D eigenvalue weighted by atomic mass is 9.56. The number of aliphatic hydroxyl groups is 1. The normalized spacial score (nSPS) is 23.1. The number of thiophene rings is 1. The van der Waals surface area contributed by atoms with Gasteiger partial charge in [0, 0.05) is 41.4 Å². The predicted octanol–water partition coefficient (Wildman–Crippen LogP) is 4.16. The summed E-state index contributed by atoms with van der Waals surface area (Å²) in [6.07, 6.45) is 2.05. The van der Waals surface area contributed by atoms with Gasteiger partial charge >= 0.3 is 11.4 Å². The summed E-state index contributed by atoms with van der Waals surface area (Å²) in [6, 6.07) is 14.1. The molecule has 2 aromatic carbocycles. The van der Waals surface area contributed by atoms with E-state index in [0.29, 0.717) is 27.8 Å². The second-order valence-electron chi connectivity index (χ2n) is 13.1. The molecule has 2 fully saturated rings. The summed E-state index contributed by atoms with van der Waals surface area (Å²) in [6.45, 7) is 3.77. The average Bonchev–Trinajstić information content (AvgIpc) is 3.75. The summed E-state index contributed by atoms with van der Waals surface area (Å²) in [5.41, 5.74) is 0.830. The number of nitrogens with zero attached hydrogens (tertiary/aromatic N) is 6. The first kappa shape index (κ1) is 31.5. The van der Waals surface area contributed by atoms with Crippen LogP contribution < -0.4 is 21.0 Å². The van der Waals surface area contributed by atoms with E-state index >= 15 is 0 Å². The Kier molecular flexibility index (Phi) is 7.18. The summed E-state index contributed by atoms with van der Waals surface area (Å²) in [4.78, 5) is 58.3. The van der Waals surface area contributed by atoms with Crippen molar-refractivity contribution < 1.29 is 19.4 Å². The third-order valence-electron chi connectivity index (χ3n) is 10.5. The van der Waals surface area contributed by atoms with Gasteiger partial charge in [0.15, 0.2) is 0 Å². The van der Waals surface area contributed by atoms with Crippen molar-refractivity contribution >= 4 is 50.7 Å². The molecule has 3 aromatic heterocycles. The Morgan fingerprint density at radius 2 is 1.86 bits per heavy atom. The fourth-order valence-corrected chi connectivity index (χ4v) is 9.49. The van der Waals surface area contributed by atoms with E-state index in [1.54, 1.807) is 41.3 Å². The molecule has 2 aliphatic heterocycles. The van der Waals surface area contributed by atoms with Crippen molar-refractivity contribution in [3.05, 3.63) is 97.3 Å². The van der Waals surface area contributed by atoms with Gasteiger partial charge in [0.25, 0.3) is 0 Å². The number of carbonyl (C=O) groups excluding carboxylic acids is 2. The highest BCUT2D eigenvalue weighted by Gasteiger charge is 2.66. The van der Waals surface area contributed by atoms with Gasteiger partial charge in [0.2, 0.25) is 11.8 Å². The summed E-state index contributed by atoms with van der Waals surface area (Å²) in [5, 5.41) is 16.0. The second-order valence-corrected chi connectivity index (χ2v) is 14.6. The van der Waals surface area contributed by atoms with Crippen LogP contribution in [0.15, 0.2) is 69.8 Å². The van der Waals surface area contributed by atoms with E-state index in [1.807, 2.05) is 50.3 Å². The first-order valence-electron chi connectivity index (χ1n) is 16.0. The van der Waals surface area contributed by atoms with E-state index in [1.165, 1.54) is 21.3 Å². The number of ether oxygens (including phenoxy) is 1. The monoisotopic (exact) mass is 700 g/mol. The molecular weight excluding hydrogens is 668 g/mol. The summed E-state index contributed by atoms with van der Waals surface area (Å²) >= 11 is 7.86. The third kappa shape index (κ3) is 4.35. The number of allylic oxidation sites excluding steroid dienone is 2. The second kappa shape index (κ2) is 11.2. The Balaban J connectivity index is 1.29. The number of halogens is 1. The summed E-state index contributed by atoms with van der Waals surface area (Å²) in [7, 11) is 3.15. The fraction of sp³-hybridized carbons (Fsp3) is 0.343. The van der Waals surface area contributed by atoms with E-state index in [-0.39, 0.29) is 32.1 Å². The number of fused-ring (bicyclic) bond motifs is 5. The summed E-state index contributed by atoms with van der Waals surface area (Å²) in [5.74, 6) is -1.52. The molecule has 0 radical (unpaired) electrons. The number of para-hydroxylation sites is 1. The molecule has 8 rings (SSSR count). The zero-order valence-electron chi connectivity index (χ0n) is 27.2. The van der Waals surface area contributed by atoms with Gasteiger partial charge < -0.3 is 9.84 Å². The molecule has 1 aliphatic carbocycles. The molecule has 1 saturated carbocycles. The topological polar surface area (TPSA) is 134 Å². The van der Waals surface area contributed by atoms with Crippen LogP contribution in [0.3, 0.4) is 0 Å². The quantitative estimate of drug-likeness (QED) is 0.208. The maximum atomic E-state index is 15.0. The van der Waals surface area contributed by atoms with E-state index < -0.39 is 40.6 Å². The maximum Gasteiger partial charge on any atom is 0.347 e. The van der Waals surface area contributed by atoms with Gasteiger partial charge in [-0.15, -0.1) is 11.3 Å². The van der Waals surface area contributed by atoms with Gasteiger partial charge in [-0.25, -0.2) is 28.4 Å². The Bertz CT molecular complexity index is 2380. The molecule has 0 bridgehead atoms. The molecule has 4 atom stereocenters. The fourth-order valence-electron chi connectivity index (χ4n) is 8.17. The van der Waals surface area contributed by atoms with Crippen molar-refractivity contribution in [1.82, 2.24) is 23.7 Å². The Morgan fingerprint density at radius 3 is 2.63 bits per heavy atom. The van der Waals surface area contributed by atoms with Crippen LogP contribution in [0.4, 0.5) is 5.82 Å². The van der Waals surface area contributed by atoms with Crippen molar-refractivity contribution in [2.45, 2.75) is 38.8 Å². The van der Waals surface area contributed by atoms with Gasteiger partial charge in [-0.2, -0.15) is 5.10 Å². The number of anilines is 1. The highest BCUT2D eigenvalue weighted by atomic mass is 35.5. The Hall–Kier alpha value is -4.72. The predicted molar refractivity (Wildman–Crippen MR) is 185 cm³/mol. The number of aliphatic hydroxyl groups excluding tert-OH is 1. The van der Waals surface area contributed by atoms with E-state index in [0.717, 1.165) is 30.7 Å². The molecule has 1 saturated heterocycles. The molecule has 2 amide bonds. The molecule has 5 aromatic rings. The Labute approximate surface area is 289 Å². The lowest BCUT2D eigenvalue weighted by Gasteiger charge is -2.47. The number of aryl methyl sites for hydroxylation is 2. The SMILES string of the molecule is Cc1c(-c2cc(N3C(=O)[C@@H]4C[C@@H]5C(=CCn6c(=O)n(C)c(=O)n65)[C@H](c5ccccc5OCCO)[C@]4(C)C3=O)n(C)n2)sc2ccc(Cl)cc12. The van der Waals surface area contributed by atoms with Gasteiger partial charge in [0.1, 0.15) is 23.9 Å². The van der Waals surface area contributed by atoms with Crippen molar-refractivity contribution in [3.63, 3.8) is 0 Å². The average molecular weight is 701 g/mol. The van der Waals surface area contributed by atoms with Crippen LogP contribution in [0.5, 0.6) is 5.75 Å². The summed E-state index contributed by atoms with van der Waals surface area (Å²) < 4.78 is 12.5. The van der Waals surface area contributed by atoms with Crippen molar-refractivity contribution in [2.75, 3.05) is 18.1 Å². The number of imide groups is 1. The van der Waals surface area contributed by atoms with Gasteiger partial charge in [-0.05, 0) is 61.1 Å². The standard InChI is InChI=1S/C35H33ClN6O6S/c1-18-22-15-19(36)9-10-27(22)49-30(18)24-17-28(39(4)37-24)41-31(44)23-16-25-20(11-12-40-33(46)38(3)34(47)42(25)40)29(35(23,2)32(41)45)21-7-5-6-8-26(21)48-14-13-43/h5-11,15,17,23,25,29,43H,12-14,16H2,1-4H3/t23-,25+,29+,35+/m0/s1. The zero-order valence-corrected chi connectivity index (χ0v) is 28.8. The number of benzene rings is 2. The van der Waals surface area contributed by atoms with Crippen LogP contribution in [0, 0.1) is 18.3 Å². The van der Waals surface area contributed by atoms with Gasteiger partial charge in [0.05, 0.1) is 35.4 Å². The van der Waals surface area contributed by atoms with Crippen LogP contribution in [0.25, 0.3) is 20.7 Å². The number of amides is 2. The van der Waals surface area contributed by atoms with Crippen molar-refractivity contribution in [2.24, 2.45) is 25.4 Å². The number of hydrogen-bond acceptors (Lipinski definition) is 8.